The summed E-state index contributed by atoms with van der Waals surface area (Å²) in [5.74, 6) is -13.2. The van der Waals surface area contributed by atoms with Crippen LogP contribution < -0.4 is 75.1 Å². The number of likely N-dealkylation sites (N-methyl/N-ethyl adjacent to an activating group) is 1. The maximum Gasteiger partial charge on any atom is 0.341 e. The van der Waals surface area contributed by atoms with E-state index >= 15 is 0 Å². The molecule has 8 atom stereocenters. The maximum atomic E-state index is 14.0. The molecule has 1 aromatic carbocycles. The standard InChI is InChI=1S/C48H77N13O16S/c1-23(2)13-29(57-46(74)33(17-49)54-26(7)63)43(71)58-32(16-36(50)64)44(72)56-30(14-24(3)4)45(73)61-40(25(5)6)48(76)59-34(19-62)47(75)60-35(42(70)53-18-37(51)65)21-78-22-38(66)55-31(41(69)52-8)15-27-9-11-28(12-10-27)77-20-39(67)68/h9-12,23-25,29-35,40,62H,13-22,49H2,1-8H3,(H2,50,64)(H2,51,65)(H,52,69)(H,53,70)(H,54,63)(H,55,66)(H,56,72)(H,57,74)(H,58,71)(H,59,76)(H,60,75)(H,61,73)(H,67,68)/t29-,30+,31+,32+,33+,34+,35+,40+/m1/s1. The second-order valence-corrected chi connectivity index (χ2v) is 20.1. The molecule has 30 heteroatoms. The van der Waals surface area contributed by atoms with Gasteiger partial charge in [0.1, 0.15) is 54.1 Å². The lowest BCUT2D eigenvalue weighted by atomic mass is 9.99. The molecule has 0 aromatic heterocycles. The molecular formula is C48H77N13O16S. The number of nitrogens with two attached hydrogens (primary N) is 3. The number of carboxylic acids is 1. The predicted octanol–water partition coefficient (Wildman–Crippen LogP) is -5.75. The first-order valence-electron chi connectivity index (χ1n) is 24.8. The fraction of sp³-hybridized carbons (Fsp3) is 0.604. The van der Waals surface area contributed by atoms with Gasteiger partial charge < -0.3 is 85.3 Å². The monoisotopic (exact) mass is 1120 g/mol. The number of rotatable bonds is 36. The minimum absolute atomic E-state index is 0.0129. The number of amides is 12. The number of carbonyl (C=O) groups excluding carboxylic acids is 12. The molecule has 0 radical (unpaired) electrons. The highest BCUT2D eigenvalue weighted by molar-refractivity contribution is 8.00. The van der Waals surface area contributed by atoms with Crippen LogP contribution in [0.2, 0.25) is 0 Å². The van der Waals surface area contributed by atoms with Gasteiger partial charge in [0.05, 0.1) is 25.3 Å². The summed E-state index contributed by atoms with van der Waals surface area (Å²) in [6.45, 7) is 8.61. The Kier molecular flexibility index (Phi) is 30.6. The van der Waals surface area contributed by atoms with Gasteiger partial charge in [0.2, 0.25) is 70.9 Å². The van der Waals surface area contributed by atoms with Crippen molar-refractivity contribution in [1.82, 2.24) is 53.2 Å². The Hall–Kier alpha value is -7.60. The second kappa shape index (κ2) is 34.9. The molecule has 1 aromatic rings. The first kappa shape index (κ1) is 68.4. The van der Waals surface area contributed by atoms with E-state index in [4.69, 9.17) is 27.0 Å². The van der Waals surface area contributed by atoms with Gasteiger partial charge in [-0.1, -0.05) is 53.7 Å². The average molecular weight is 1120 g/mol. The van der Waals surface area contributed by atoms with Crippen LogP contribution in [0.3, 0.4) is 0 Å². The lowest BCUT2D eigenvalue weighted by Gasteiger charge is -2.29. The summed E-state index contributed by atoms with van der Waals surface area (Å²) in [6.07, 6.45) is -0.734. The van der Waals surface area contributed by atoms with E-state index in [2.05, 4.69) is 53.2 Å². The number of carbonyl (C=O) groups is 13. The Morgan fingerprint density at radius 2 is 1.09 bits per heavy atom. The number of hydrogen-bond donors (Lipinski definition) is 15. The molecule has 0 bridgehead atoms. The van der Waals surface area contributed by atoms with E-state index in [0.717, 1.165) is 11.8 Å². The quantitative estimate of drug-likeness (QED) is 0.0298. The summed E-state index contributed by atoms with van der Waals surface area (Å²) in [5, 5.41) is 43.4. The van der Waals surface area contributed by atoms with Gasteiger partial charge in [-0.2, -0.15) is 0 Å². The average Bonchev–Trinajstić information content (AvgIpc) is 3.35. The van der Waals surface area contributed by atoms with Gasteiger partial charge in [-0.3, -0.25) is 57.5 Å². The van der Waals surface area contributed by atoms with Crippen LogP contribution in [0.1, 0.15) is 73.3 Å². The summed E-state index contributed by atoms with van der Waals surface area (Å²) in [7, 11) is 1.36. The Bertz CT molecular complexity index is 2270. The molecule has 0 heterocycles. The van der Waals surface area contributed by atoms with E-state index in [1.165, 1.54) is 40.0 Å². The normalized spacial score (nSPS) is 14.1. The van der Waals surface area contributed by atoms with Crippen LogP contribution in [0, 0.1) is 17.8 Å². The molecule has 0 saturated carbocycles. The summed E-state index contributed by atoms with van der Waals surface area (Å²) in [5.41, 5.74) is 16.9. The zero-order valence-corrected chi connectivity index (χ0v) is 45.8. The van der Waals surface area contributed by atoms with Gasteiger partial charge in [-0.25, -0.2) is 4.79 Å². The number of aliphatic hydroxyl groups is 1. The third kappa shape index (κ3) is 26.4. The molecule has 0 unspecified atom stereocenters. The number of aliphatic carboxylic acids is 1. The van der Waals surface area contributed by atoms with Crippen LogP contribution in [0.25, 0.3) is 0 Å². The summed E-state index contributed by atoms with van der Waals surface area (Å²) in [4.78, 5) is 167. The number of primary amides is 2. The van der Waals surface area contributed by atoms with Crippen molar-refractivity contribution in [1.29, 1.82) is 0 Å². The summed E-state index contributed by atoms with van der Waals surface area (Å²) < 4.78 is 5.12. The van der Waals surface area contributed by atoms with E-state index in [9.17, 15) is 67.4 Å². The molecule has 18 N–H and O–H groups in total. The van der Waals surface area contributed by atoms with Crippen LogP contribution >= 0.6 is 11.8 Å². The third-order valence-electron chi connectivity index (χ3n) is 10.9. The van der Waals surface area contributed by atoms with Gasteiger partial charge >= 0.3 is 5.97 Å². The molecule has 0 aliphatic heterocycles. The molecule has 0 aliphatic carbocycles. The molecular weight excluding hydrogens is 1050 g/mol. The fourth-order valence-electron chi connectivity index (χ4n) is 7.10. The van der Waals surface area contributed by atoms with Crippen molar-refractivity contribution in [3.63, 3.8) is 0 Å². The van der Waals surface area contributed by atoms with Crippen molar-refractivity contribution in [2.75, 3.05) is 44.9 Å². The van der Waals surface area contributed by atoms with Gasteiger partial charge in [0, 0.05) is 32.7 Å². The first-order chi connectivity index (χ1) is 36.5. The SMILES string of the molecule is CNC(=O)[C@H](Cc1ccc(OCC(=O)O)cc1)NC(=O)CSC[C@H](NC(=O)[C@H](CO)NC(=O)[C@@H](NC(=O)[C@H](CC(C)C)NC(=O)[C@H](CC(N)=O)NC(=O)[C@@H](CC(C)C)NC(=O)[C@H](CN)NC(C)=O)C(C)C)C(=O)NCC(N)=O. The number of carboxylic acid groups (broad SMARTS) is 1. The highest BCUT2D eigenvalue weighted by atomic mass is 32.2. The zero-order valence-electron chi connectivity index (χ0n) is 45.0. The van der Waals surface area contributed by atoms with Crippen molar-refractivity contribution >= 4 is 88.6 Å². The van der Waals surface area contributed by atoms with E-state index in [1.807, 2.05) is 0 Å². The van der Waals surface area contributed by atoms with Gasteiger partial charge in [-0.05, 0) is 48.3 Å². The number of benzene rings is 1. The number of hydrogen-bond acceptors (Lipinski definition) is 17. The topological polar surface area (TPSA) is 470 Å². The lowest BCUT2D eigenvalue weighted by molar-refractivity contribution is -0.139. The second-order valence-electron chi connectivity index (χ2n) is 19.1. The number of aliphatic hydroxyl groups excluding tert-OH is 1. The van der Waals surface area contributed by atoms with E-state index in [0.29, 0.717) is 5.56 Å². The molecule has 436 valence electrons. The van der Waals surface area contributed by atoms with Crippen LogP contribution in [0.4, 0.5) is 0 Å². The zero-order chi connectivity index (χ0) is 59.4. The molecule has 29 nitrogen and oxygen atoms in total. The Labute approximate surface area is 455 Å². The number of thioether (sulfide) groups is 1. The molecule has 12 amide bonds. The van der Waals surface area contributed by atoms with Gasteiger partial charge in [0.25, 0.3) is 0 Å². The molecule has 1 rings (SSSR count). The molecule has 0 spiro atoms. The maximum absolute atomic E-state index is 14.0. The smallest absolute Gasteiger partial charge is 0.341 e. The minimum atomic E-state index is -1.76. The molecule has 0 aliphatic rings. The Balaban J connectivity index is 3.25. The van der Waals surface area contributed by atoms with Gasteiger partial charge in [0.15, 0.2) is 6.61 Å². The van der Waals surface area contributed by atoms with Crippen LogP contribution in [-0.2, 0) is 68.7 Å². The van der Waals surface area contributed by atoms with Crippen LogP contribution in [0.15, 0.2) is 24.3 Å². The molecule has 0 fully saturated rings. The first-order valence-corrected chi connectivity index (χ1v) is 25.9. The van der Waals surface area contributed by atoms with Crippen LogP contribution in [0.5, 0.6) is 5.75 Å². The Morgan fingerprint density at radius 3 is 1.56 bits per heavy atom. The largest absolute Gasteiger partial charge is 0.482 e. The van der Waals surface area contributed by atoms with Crippen molar-refractivity contribution in [3.8, 4) is 5.75 Å². The van der Waals surface area contributed by atoms with Crippen molar-refractivity contribution in [2.45, 2.75) is 122 Å². The third-order valence-corrected chi connectivity index (χ3v) is 12.0. The van der Waals surface area contributed by atoms with E-state index < -0.39 is 157 Å². The van der Waals surface area contributed by atoms with Gasteiger partial charge in [-0.15, -0.1) is 11.8 Å². The number of ether oxygens (including phenoxy) is 1. The number of nitrogens with one attached hydrogen (secondary N) is 10. The fourth-order valence-corrected chi connectivity index (χ4v) is 7.96. The van der Waals surface area contributed by atoms with Crippen LogP contribution in [-0.4, -0.2) is 180 Å². The summed E-state index contributed by atoms with van der Waals surface area (Å²) in [6, 6.07) is -5.24. The van der Waals surface area contributed by atoms with E-state index in [-0.39, 0.29) is 54.9 Å². The summed E-state index contributed by atoms with van der Waals surface area (Å²) >= 11 is 0.825. The molecule has 78 heavy (non-hydrogen) atoms. The van der Waals surface area contributed by atoms with Crippen molar-refractivity contribution in [2.24, 2.45) is 35.0 Å². The molecule has 0 saturated heterocycles. The van der Waals surface area contributed by atoms with E-state index in [1.54, 1.807) is 39.8 Å². The van der Waals surface area contributed by atoms with Crippen molar-refractivity contribution < 1.29 is 77.3 Å². The Morgan fingerprint density at radius 1 is 0.590 bits per heavy atom. The highest BCUT2D eigenvalue weighted by Gasteiger charge is 2.36. The minimum Gasteiger partial charge on any atom is -0.482 e. The highest BCUT2D eigenvalue weighted by Crippen LogP contribution is 2.15. The van der Waals surface area contributed by atoms with Crippen molar-refractivity contribution in [3.05, 3.63) is 29.8 Å². The lowest BCUT2D eigenvalue weighted by Crippen LogP contribution is -2.62. The predicted molar refractivity (Wildman–Crippen MR) is 282 cm³/mol.